The Morgan fingerprint density at radius 2 is 2.00 bits per heavy atom. The minimum absolute atomic E-state index is 0.103. The molecule has 1 aliphatic rings. The summed E-state index contributed by atoms with van der Waals surface area (Å²) in [5.74, 6) is -0.642. The number of thiophene rings is 1. The lowest BCUT2D eigenvalue weighted by atomic mass is 9.91. The van der Waals surface area contributed by atoms with Crippen molar-refractivity contribution in [3.05, 3.63) is 68.4 Å². The smallest absolute Gasteiger partial charge is 0.333 e. The predicted molar refractivity (Wildman–Crippen MR) is 145 cm³/mol. The third kappa shape index (κ3) is 4.61. The zero-order valence-electron chi connectivity index (χ0n) is 22.2. The minimum atomic E-state index is -1.43. The van der Waals surface area contributed by atoms with Crippen LogP contribution in [-0.2, 0) is 21.6 Å². The fourth-order valence-electron chi connectivity index (χ4n) is 5.15. The molecule has 0 spiro atoms. The zero-order chi connectivity index (χ0) is 28.6. The average molecular weight is 573 g/mol. The summed E-state index contributed by atoms with van der Waals surface area (Å²) in [6.07, 6.45) is 2.92. The molecule has 0 aliphatic carbocycles. The molecule has 212 valence electrons. The monoisotopic (exact) mass is 572 g/mol. The van der Waals surface area contributed by atoms with E-state index in [1.165, 1.54) is 47.1 Å². The summed E-state index contributed by atoms with van der Waals surface area (Å²) in [5, 5.41) is 21.4. The fourth-order valence-corrected chi connectivity index (χ4v) is 6.37. The van der Waals surface area contributed by atoms with E-state index in [4.69, 9.17) is 9.47 Å². The van der Waals surface area contributed by atoms with Gasteiger partial charge in [-0.3, -0.25) is 14.2 Å². The molecule has 2 N–H and O–H groups in total. The summed E-state index contributed by atoms with van der Waals surface area (Å²) >= 11 is 1.14. The van der Waals surface area contributed by atoms with Crippen LogP contribution in [0.2, 0.25) is 0 Å². The molecular formula is C26H29FN6O6S. The fraction of sp³-hybridized carbons (Fsp3) is 0.423. The molecule has 12 nitrogen and oxygen atoms in total. The number of aliphatic hydroxyl groups excluding tert-OH is 1. The Bertz CT molecular complexity index is 1680. The number of amides is 1. The van der Waals surface area contributed by atoms with Crippen molar-refractivity contribution in [3.8, 4) is 10.8 Å². The third-order valence-corrected chi connectivity index (χ3v) is 8.47. The lowest BCUT2D eigenvalue weighted by Gasteiger charge is -2.34. The maximum atomic E-state index is 14.4. The number of hydrogen-bond acceptors (Lipinski definition) is 9. The highest BCUT2D eigenvalue weighted by Gasteiger charge is 2.41. The molecule has 1 fully saturated rings. The van der Waals surface area contributed by atoms with Gasteiger partial charge in [0, 0.05) is 17.7 Å². The van der Waals surface area contributed by atoms with Crippen molar-refractivity contribution in [2.75, 3.05) is 26.9 Å². The molecule has 1 amide bonds. The number of aromatic nitrogens is 5. The number of aliphatic hydroxyl groups is 1. The van der Waals surface area contributed by atoms with Gasteiger partial charge in [0.25, 0.3) is 5.56 Å². The molecule has 1 saturated heterocycles. The lowest BCUT2D eigenvalue weighted by molar-refractivity contribution is -0.131. The number of halogens is 1. The summed E-state index contributed by atoms with van der Waals surface area (Å²) in [7, 11) is 1.43. The van der Waals surface area contributed by atoms with E-state index < -0.39 is 34.6 Å². The Kier molecular flexibility index (Phi) is 7.57. The van der Waals surface area contributed by atoms with Crippen LogP contribution in [0, 0.1) is 12.7 Å². The highest BCUT2D eigenvalue weighted by atomic mass is 32.1. The van der Waals surface area contributed by atoms with Gasteiger partial charge in [-0.1, -0.05) is 11.3 Å². The Hall–Kier alpha value is -3.88. The van der Waals surface area contributed by atoms with E-state index in [1.54, 1.807) is 13.8 Å². The number of carbonyl (C=O) groups is 1. The number of aryl methyl sites for hydroxylation is 1. The Morgan fingerprint density at radius 3 is 2.67 bits per heavy atom. The van der Waals surface area contributed by atoms with Crippen molar-refractivity contribution < 1.29 is 23.8 Å². The number of fused-ring (bicyclic) bond motifs is 1. The molecule has 0 saturated carbocycles. The summed E-state index contributed by atoms with van der Waals surface area (Å²) in [5.41, 5.74) is -1.89. The number of ether oxygens (including phenoxy) is 2. The van der Waals surface area contributed by atoms with E-state index >= 15 is 0 Å². The van der Waals surface area contributed by atoms with E-state index in [9.17, 15) is 23.9 Å². The molecule has 40 heavy (non-hydrogen) atoms. The molecule has 0 bridgehead atoms. The van der Waals surface area contributed by atoms with Crippen molar-refractivity contribution in [2.45, 2.75) is 44.9 Å². The van der Waals surface area contributed by atoms with Crippen molar-refractivity contribution in [2.24, 2.45) is 0 Å². The molecule has 14 heteroatoms. The van der Waals surface area contributed by atoms with Crippen LogP contribution in [0.3, 0.4) is 0 Å². The normalized spacial score (nSPS) is 18.2. The SMILES string of the molecule is COc1ccc(F)cc1[C@H](Cn1c(=O)n([C@@]2(C)CCCNC2=O)c(=O)c2c(C)c(-n3nccn3)sc21)OCCO. The van der Waals surface area contributed by atoms with Crippen LogP contribution >= 0.6 is 11.3 Å². The van der Waals surface area contributed by atoms with Crippen LogP contribution < -0.4 is 21.3 Å². The van der Waals surface area contributed by atoms with Crippen molar-refractivity contribution in [3.63, 3.8) is 0 Å². The summed E-state index contributed by atoms with van der Waals surface area (Å²) in [4.78, 5) is 43.0. The quantitative estimate of drug-likeness (QED) is 0.308. The molecule has 4 aromatic rings. The topological polar surface area (TPSA) is 142 Å². The Labute approximate surface area is 231 Å². The van der Waals surface area contributed by atoms with Gasteiger partial charge >= 0.3 is 5.69 Å². The van der Waals surface area contributed by atoms with E-state index in [0.29, 0.717) is 46.1 Å². The zero-order valence-corrected chi connectivity index (χ0v) is 23.0. The number of nitrogens with one attached hydrogen (secondary N) is 1. The van der Waals surface area contributed by atoms with Crippen molar-refractivity contribution in [1.29, 1.82) is 0 Å². The van der Waals surface area contributed by atoms with Crippen LogP contribution in [0.5, 0.6) is 5.75 Å². The number of nitrogens with zero attached hydrogens (tertiary/aromatic N) is 5. The number of piperidine rings is 1. The molecule has 1 aromatic carbocycles. The van der Waals surface area contributed by atoms with Crippen LogP contribution in [0.25, 0.3) is 15.2 Å². The average Bonchev–Trinajstić information content (AvgIpc) is 3.58. The summed E-state index contributed by atoms with van der Waals surface area (Å²) in [6, 6.07) is 3.93. The standard InChI is InChI=1S/C26H29FN6O6S/c1-15-20-21(35)32(26(2)7-4-8-28-24(26)36)25(37)31(23(20)40-22(15)33-29-9-10-30-33)14-19(39-12-11-34)17-13-16(27)5-6-18(17)38-3/h5-6,9-10,13,19,34H,4,7-8,11-12,14H2,1-3H3,(H,28,36)/t19-,26-/m0/s1. The second-order valence-electron chi connectivity index (χ2n) is 9.67. The molecule has 3 aromatic heterocycles. The maximum Gasteiger partial charge on any atom is 0.333 e. The summed E-state index contributed by atoms with van der Waals surface area (Å²) in [6.45, 7) is 3.17. The first-order valence-electron chi connectivity index (χ1n) is 12.7. The first-order chi connectivity index (χ1) is 19.2. The highest BCUT2D eigenvalue weighted by molar-refractivity contribution is 7.21. The van der Waals surface area contributed by atoms with Gasteiger partial charge < -0.3 is 19.9 Å². The second-order valence-corrected chi connectivity index (χ2v) is 10.6. The summed E-state index contributed by atoms with van der Waals surface area (Å²) < 4.78 is 28.1. The van der Waals surface area contributed by atoms with Gasteiger partial charge in [-0.05, 0) is 44.9 Å². The number of hydrogen-bond donors (Lipinski definition) is 2. The number of methoxy groups -OCH3 is 1. The van der Waals surface area contributed by atoms with Crippen molar-refractivity contribution >= 4 is 27.5 Å². The second kappa shape index (κ2) is 10.9. The maximum absolute atomic E-state index is 14.4. The van der Waals surface area contributed by atoms with E-state index in [2.05, 4.69) is 15.5 Å². The van der Waals surface area contributed by atoms with Gasteiger partial charge in [0.15, 0.2) is 0 Å². The van der Waals surface area contributed by atoms with Gasteiger partial charge in [-0.25, -0.2) is 13.8 Å². The van der Waals surface area contributed by atoms with Gasteiger partial charge in [0.05, 0.1) is 44.6 Å². The molecule has 2 atom stereocenters. The van der Waals surface area contributed by atoms with Gasteiger partial charge in [0.1, 0.15) is 33.0 Å². The van der Waals surface area contributed by atoms with Crippen LogP contribution in [0.15, 0.2) is 40.2 Å². The largest absolute Gasteiger partial charge is 0.496 e. The first kappa shape index (κ1) is 27.7. The van der Waals surface area contributed by atoms with Crippen LogP contribution in [0.1, 0.15) is 37.0 Å². The minimum Gasteiger partial charge on any atom is -0.496 e. The predicted octanol–water partition coefficient (Wildman–Crippen LogP) is 1.64. The van der Waals surface area contributed by atoms with Gasteiger partial charge in [0.2, 0.25) is 5.91 Å². The third-order valence-electron chi connectivity index (χ3n) is 7.19. The molecule has 5 rings (SSSR count). The van der Waals surface area contributed by atoms with E-state index in [-0.39, 0.29) is 25.1 Å². The highest BCUT2D eigenvalue weighted by Crippen LogP contribution is 2.34. The molecular weight excluding hydrogens is 543 g/mol. The molecule has 0 radical (unpaired) electrons. The number of carbonyl (C=O) groups excluding carboxylic acids is 1. The molecule has 4 heterocycles. The molecule has 1 aliphatic heterocycles. The van der Waals surface area contributed by atoms with Gasteiger partial charge in [-0.2, -0.15) is 10.2 Å². The van der Waals surface area contributed by atoms with Gasteiger partial charge in [-0.15, -0.1) is 4.80 Å². The first-order valence-corrected chi connectivity index (χ1v) is 13.5. The lowest BCUT2D eigenvalue weighted by Crippen LogP contribution is -2.59. The van der Waals surface area contributed by atoms with E-state index in [1.807, 2.05) is 0 Å². The van der Waals surface area contributed by atoms with Crippen molar-refractivity contribution in [1.82, 2.24) is 29.4 Å². The molecule has 0 unspecified atom stereocenters. The van der Waals surface area contributed by atoms with Crippen LogP contribution in [0.4, 0.5) is 4.39 Å². The Morgan fingerprint density at radius 1 is 1.25 bits per heavy atom. The Balaban J connectivity index is 1.80. The van der Waals surface area contributed by atoms with Crippen LogP contribution in [-0.4, -0.2) is 62.0 Å². The number of rotatable bonds is 9. The number of benzene rings is 1. The van der Waals surface area contributed by atoms with E-state index in [0.717, 1.165) is 15.9 Å².